The highest BCUT2D eigenvalue weighted by Crippen LogP contribution is 2.58. The molecule has 3 aliphatic rings. The first-order chi connectivity index (χ1) is 16.1. The van der Waals surface area contributed by atoms with E-state index in [2.05, 4.69) is 48.6 Å². The summed E-state index contributed by atoms with van der Waals surface area (Å²) in [7, 11) is -5.27. The number of allylic oxidation sites excluding steroid dienone is 3. The monoisotopic (exact) mass is 498 g/mol. The number of sulfonamides is 1. The second kappa shape index (κ2) is 9.46. The summed E-state index contributed by atoms with van der Waals surface area (Å²) in [5.74, 6) is 3.09. The van der Waals surface area contributed by atoms with Gasteiger partial charge in [0.1, 0.15) is 8.07 Å². The number of nitrogens with one attached hydrogen (secondary N) is 1. The summed E-state index contributed by atoms with van der Waals surface area (Å²) in [6, 6.07) is 7.01. The molecule has 0 unspecified atom stereocenters. The lowest BCUT2D eigenvalue weighted by Gasteiger charge is -2.39. The number of unbranched alkanes of at least 4 members (excludes halogenated alkanes) is 1. The SMILES string of the molecule is C[Si](C)(C)C#CCC/C=C\C1=C[C@@H]2N(S(=O)(=O)c3ccccc3)[C@@H](CO)C[C@@]23C(=O)NCC[C@@H]13. The number of piperidine rings is 1. The zero-order valence-corrected chi connectivity index (χ0v) is 21.9. The van der Waals surface area contributed by atoms with Crippen LogP contribution in [-0.4, -0.2) is 57.0 Å². The van der Waals surface area contributed by atoms with Crippen LogP contribution >= 0.6 is 0 Å². The Labute approximate surface area is 204 Å². The Bertz CT molecular complexity index is 1160. The third-order valence-corrected chi connectivity index (χ3v) is 9.87. The maximum atomic E-state index is 13.7. The van der Waals surface area contributed by atoms with Crippen molar-refractivity contribution in [3.05, 3.63) is 54.1 Å². The molecule has 1 aromatic carbocycles. The van der Waals surface area contributed by atoms with E-state index < -0.39 is 35.6 Å². The van der Waals surface area contributed by atoms with Crippen LogP contribution in [0.5, 0.6) is 0 Å². The molecule has 1 aromatic rings. The third-order valence-electron chi connectivity index (χ3n) is 6.99. The summed E-state index contributed by atoms with van der Waals surface area (Å²) in [5, 5.41) is 13.1. The third kappa shape index (κ3) is 4.42. The van der Waals surface area contributed by atoms with Gasteiger partial charge < -0.3 is 10.4 Å². The fraction of sp³-hybridized carbons (Fsp3) is 0.500. The van der Waals surface area contributed by atoms with Crippen molar-refractivity contribution in [2.24, 2.45) is 11.3 Å². The Morgan fingerprint density at radius 1 is 1.26 bits per heavy atom. The number of aliphatic hydroxyl groups is 1. The van der Waals surface area contributed by atoms with Crippen LogP contribution in [0.1, 0.15) is 25.7 Å². The van der Waals surface area contributed by atoms with Crippen molar-refractivity contribution in [2.75, 3.05) is 13.2 Å². The molecule has 2 saturated heterocycles. The van der Waals surface area contributed by atoms with Crippen molar-refractivity contribution < 1.29 is 18.3 Å². The second-order valence-electron chi connectivity index (χ2n) is 10.4. The van der Waals surface area contributed by atoms with Crippen molar-refractivity contribution in [1.82, 2.24) is 9.62 Å². The lowest BCUT2D eigenvalue weighted by Crippen LogP contribution is -2.55. The predicted molar refractivity (Wildman–Crippen MR) is 136 cm³/mol. The van der Waals surface area contributed by atoms with Gasteiger partial charge in [0.15, 0.2) is 0 Å². The van der Waals surface area contributed by atoms with E-state index in [1.54, 1.807) is 30.3 Å². The number of nitrogens with zero attached hydrogens (tertiary/aromatic N) is 1. The van der Waals surface area contributed by atoms with Gasteiger partial charge in [-0.25, -0.2) is 8.42 Å². The number of carbonyl (C=O) groups is 1. The van der Waals surface area contributed by atoms with Crippen molar-refractivity contribution in [2.45, 2.75) is 62.3 Å². The lowest BCUT2D eigenvalue weighted by molar-refractivity contribution is -0.135. The fourth-order valence-corrected chi connectivity index (χ4v) is 8.09. The van der Waals surface area contributed by atoms with E-state index in [1.165, 1.54) is 4.31 Å². The Morgan fingerprint density at radius 2 is 2.00 bits per heavy atom. The Hall–Kier alpha value is -2.18. The van der Waals surface area contributed by atoms with Gasteiger partial charge in [0.25, 0.3) is 0 Å². The van der Waals surface area contributed by atoms with Crippen LogP contribution in [0.25, 0.3) is 0 Å². The van der Waals surface area contributed by atoms with E-state index >= 15 is 0 Å². The van der Waals surface area contributed by atoms with Crippen LogP contribution in [-0.2, 0) is 14.8 Å². The van der Waals surface area contributed by atoms with Gasteiger partial charge in [0, 0.05) is 18.9 Å². The van der Waals surface area contributed by atoms with Crippen molar-refractivity contribution in [3.63, 3.8) is 0 Å². The smallest absolute Gasteiger partial charge is 0.243 e. The average molecular weight is 499 g/mol. The van der Waals surface area contributed by atoms with Gasteiger partial charge in [0.2, 0.25) is 15.9 Å². The van der Waals surface area contributed by atoms with E-state index in [-0.39, 0.29) is 23.3 Å². The molecule has 2 N–H and O–H groups in total. The van der Waals surface area contributed by atoms with Crippen LogP contribution in [0.4, 0.5) is 0 Å². The fourth-order valence-electron chi connectivity index (χ4n) is 5.60. The van der Waals surface area contributed by atoms with Gasteiger partial charge in [-0.1, -0.05) is 56.1 Å². The van der Waals surface area contributed by atoms with Crippen LogP contribution in [0.2, 0.25) is 19.6 Å². The largest absolute Gasteiger partial charge is 0.395 e. The molecule has 182 valence electrons. The van der Waals surface area contributed by atoms with Crippen molar-refractivity contribution in [1.29, 1.82) is 0 Å². The van der Waals surface area contributed by atoms with Crippen LogP contribution in [0, 0.1) is 22.8 Å². The number of benzene rings is 1. The lowest BCUT2D eigenvalue weighted by atomic mass is 9.67. The van der Waals surface area contributed by atoms with Crippen molar-refractivity contribution >= 4 is 24.0 Å². The maximum absolute atomic E-state index is 13.7. The van der Waals surface area contributed by atoms with E-state index in [0.29, 0.717) is 13.0 Å². The van der Waals surface area contributed by atoms with Crippen LogP contribution in [0.15, 0.2) is 59.0 Å². The zero-order chi connectivity index (χ0) is 24.6. The van der Waals surface area contributed by atoms with Gasteiger partial charge >= 0.3 is 0 Å². The Kier molecular flexibility index (Phi) is 6.94. The van der Waals surface area contributed by atoms with Gasteiger partial charge in [-0.2, -0.15) is 4.31 Å². The number of aliphatic hydroxyl groups excluding tert-OH is 1. The standard InChI is InChI=1S/C26H34N2O4SSi/c1-34(2,3)16-10-5-4-7-11-20-17-24-26(23(20)14-15-27-25(26)30)18-21(19-29)28(24)33(31,32)22-12-8-6-9-13-22/h6-9,11-13,17,21,23-24,29H,4-5,14-15,18-19H2,1-3H3,(H,27,30)/b11-7-/t21-,23+,24+,26+/m1/s1. The molecule has 1 amide bonds. The second-order valence-corrected chi connectivity index (χ2v) is 17.0. The normalized spacial score (nSPS) is 29.2. The summed E-state index contributed by atoms with van der Waals surface area (Å²) in [6.07, 6.45) is 8.77. The van der Waals surface area contributed by atoms with Gasteiger partial charge in [-0.05, 0) is 37.0 Å². The quantitative estimate of drug-likeness (QED) is 0.359. The molecule has 6 nitrogen and oxygen atoms in total. The molecule has 0 aromatic heterocycles. The molecule has 0 radical (unpaired) electrons. The van der Waals surface area contributed by atoms with Crippen LogP contribution in [0.3, 0.4) is 0 Å². The van der Waals surface area contributed by atoms with E-state index in [9.17, 15) is 18.3 Å². The van der Waals surface area contributed by atoms with Gasteiger partial charge in [-0.3, -0.25) is 4.79 Å². The van der Waals surface area contributed by atoms with Crippen molar-refractivity contribution in [3.8, 4) is 11.5 Å². The topological polar surface area (TPSA) is 86.7 Å². The van der Waals surface area contributed by atoms with Gasteiger partial charge in [-0.15, -0.1) is 11.5 Å². The highest BCUT2D eigenvalue weighted by Gasteiger charge is 2.66. The number of hydrogen-bond acceptors (Lipinski definition) is 4. The van der Waals surface area contributed by atoms with Gasteiger partial charge in [0.05, 0.1) is 29.0 Å². The first-order valence-electron chi connectivity index (χ1n) is 12.0. The number of hydrogen-bond donors (Lipinski definition) is 2. The Morgan fingerprint density at radius 3 is 2.68 bits per heavy atom. The van der Waals surface area contributed by atoms with E-state index in [1.807, 2.05) is 6.08 Å². The minimum Gasteiger partial charge on any atom is -0.395 e. The molecular weight excluding hydrogens is 464 g/mol. The minimum atomic E-state index is -3.89. The zero-order valence-electron chi connectivity index (χ0n) is 20.1. The molecule has 4 rings (SSSR count). The number of amides is 1. The molecule has 2 heterocycles. The molecule has 4 atom stereocenters. The Balaban J connectivity index is 1.67. The summed E-state index contributed by atoms with van der Waals surface area (Å²) in [5.41, 5.74) is 3.50. The predicted octanol–water partition coefficient (Wildman–Crippen LogP) is 3.09. The summed E-state index contributed by atoms with van der Waals surface area (Å²) in [6.45, 7) is 6.92. The molecule has 1 spiro atoms. The molecule has 0 saturated carbocycles. The van der Waals surface area contributed by atoms with E-state index in [0.717, 1.165) is 24.8 Å². The molecule has 2 fully saturated rings. The summed E-state index contributed by atoms with van der Waals surface area (Å²) in [4.78, 5) is 13.5. The first-order valence-corrected chi connectivity index (χ1v) is 16.9. The number of carbonyl (C=O) groups excluding carboxylic acids is 1. The molecule has 8 heteroatoms. The molecule has 2 aliphatic heterocycles. The highest BCUT2D eigenvalue weighted by molar-refractivity contribution is 7.89. The molecular formula is C26H34N2O4SSi. The summed E-state index contributed by atoms with van der Waals surface area (Å²) >= 11 is 0. The highest BCUT2D eigenvalue weighted by atomic mass is 32.2. The maximum Gasteiger partial charge on any atom is 0.243 e. The molecule has 1 aliphatic carbocycles. The average Bonchev–Trinajstić information content (AvgIpc) is 3.28. The van der Waals surface area contributed by atoms with E-state index in [4.69, 9.17) is 0 Å². The van der Waals surface area contributed by atoms with Crippen LogP contribution < -0.4 is 5.32 Å². The first kappa shape index (κ1) is 24.9. The minimum absolute atomic E-state index is 0.0689. The summed E-state index contributed by atoms with van der Waals surface area (Å²) < 4.78 is 28.7. The molecule has 0 bridgehead atoms. The number of rotatable bonds is 6. The molecule has 34 heavy (non-hydrogen) atoms.